The highest BCUT2D eigenvalue weighted by molar-refractivity contribution is 6.30. The van der Waals surface area contributed by atoms with Gasteiger partial charge in [-0.2, -0.15) is 0 Å². The molecule has 0 aliphatic rings. The molecule has 0 unspecified atom stereocenters. The molecule has 0 aliphatic heterocycles. The highest BCUT2D eigenvalue weighted by atomic mass is 35.5. The van der Waals surface area contributed by atoms with Crippen LogP contribution in [0, 0.1) is 0 Å². The summed E-state index contributed by atoms with van der Waals surface area (Å²) < 4.78 is 5.07. The average Bonchev–Trinajstić information content (AvgIpc) is 2.58. The Kier molecular flexibility index (Phi) is 6.58. The van der Waals surface area contributed by atoms with Crippen molar-refractivity contribution in [2.75, 3.05) is 20.8 Å². The van der Waals surface area contributed by atoms with Crippen LogP contribution >= 0.6 is 11.6 Å². The van der Waals surface area contributed by atoms with E-state index in [4.69, 9.17) is 16.3 Å². The van der Waals surface area contributed by atoms with Gasteiger partial charge in [-0.1, -0.05) is 29.8 Å². The second kappa shape index (κ2) is 8.66. The van der Waals surface area contributed by atoms with Gasteiger partial charge in [0.15, 0.2) is 0 Å². The fourth-order valence-corrected chi connectivity index (χ4v) is 2.67. The Bertz CT molecular complexity index is 649. The Balaban J connectivity index is 2.28. The second-order valence-corrected chi connectivity index (χ2v) is 6.09. The van der Waals surface area contributed by atoms with Gasteiger partial charge in [0.05, 0.1) is 18.7 Å². The molecule has 5 nitrogen and oxygen atoms in total. The monoisotopic (exact) mass is 347 g/mol. The number of ether oxygens (including phenoxy) is 1. The van der Waals surface area contributed by atoms with Crippen LogP contribution in [-0.4, -0.2) is 42.7 Å². The third kappa shape index (κ3) is 4.69. The van der Waals surface area contributed by atoms with E-state index in [9.17, 15) is 4.79 Å². The van der Waals surface area contributed by atoms with Crippen molar-refractivity contribution in [1.29, 1.82) is 0 Å². The lowest BCUT2D eigenvalue weighted by Gasteiger charge is -2.30. The smallest absolute Gasteiger partial charge is 0.318 e. The molecule has 0 spiro atoms. The van der Waals surface area contributed by atoms with Gasteiger partial charge >= 0.3 is 6.03 Å². The number of nitrogens with one attached hydrogen (secondary N) is 1. The van der Waals surface area contributed by atoms with Gasteiger partial charge < -0.3 is 15.0 Å². The zero-order chi connectivity index (χ0) is 17.5. The molecular formula is C18H22ClN3O2. The molecule has 1 heterocycles. The fraction of sp³-hybridized carbons (Fsp3) is 0.333. The number of benzene rings is 1. The van der Waals surface area contributed by atoms with E-state index >= 15 is 0 Å². The molecule has 0 fully saturated rings. The van der Waals surface area contributed by atoms with Crippen LogP contribution in [0.5, 0.6) is 0 Å². The summed E-state index contributed by atoms with van der Waals surface area (Å²) in [5.41, 5.74) is 1.89. The number of carbonyl (C=O) groups is 1. The van der Waals surface area contributed by atoms with Gasteiger partial charge in [0.25, 0.3) is 0 Å². The number of pyridine rings is 1. The maximum atomic E-state index is 12.6. The van der Waals surface area contributed by atoms with Crippen molar-refractivity contribution in [2.24, 2.45) is 0 Å². The van der Waals surface area contributed by atoms with Crippen molar-refractivity contribution in [3.63, 3.8) is 0 Å². The molecule has 2 atom stereocenters. The minimum Gasteiger partial charge on any atom is -0.383 e. The van der Waals surface area contributed by atoms with E-state index in [1.807, 2.05) is 43.3 Å². The van der Waals surface area contributed by atoms with Crippen molar-refractivity contribution >= 4 is 17.6 Å². The van der Waals surface area contributed by atoms with Crippen molar-refractivity contribution in [3.05, 3.63) is 64.9 Å². The third-order valence-corrected chi connectivity index (χ3v) is 3.93. The second-order valence-electron chi connectivity index (χ2n) is 5.66. The Morgan fingerprint density at radius 1 is 1.29 bits per heavy atom. The summed E-state index contributed by atoms with van der Waals surface area (Å²) in [7, 11) is 3.37. The standard InChI is InChI=1S/C18H22ClN3O2/c1-13(12-24-3)21-18(23)22(2)17(15-5-4-10-20-11-15)14-6-8-16(19)9-7-14/h4-11,13,17H,12H2,1-3H3,(H,21,23)/t13-,17-/m0/s1. The lowest BCUT2D eigenvalue weighted by atomic mass is 9.99. The van der Waals surface area contributed by atoms with E-state index in [1.165, 1.54) is 0 Å². The van der Waals surface area contributed by atoms with E-state index < -0.39 is 0 Å². The highest BCUT2D eigenvalue weighted by Gasteiger charge is 2.24. The van der Waals surface area contributed by atoms with Crippen LogP contribution in [0.1, 0.15) is 24.1 Å². The normalized spacial score (nSPS) is 13.2. The number of amides is 2. The Hall–Kier alpha value is -2.11. The average molecular weight is 348 g/mol. The number of rotatable bonds is 6. The first-order valence-electron chi connectivity index (χ1n) is 7.70. The Morgan fingerprint density at radius 3 is 2.58 bits per heavy atom. The van der Waals surface area contributed by atoms with Gasteiger partial charge in [0, 0.05) is 31.6 Å². The quantitative estimate of drug-likeness (QED) is 0.870. The summed E-state index contributed by atoms with van der Waals surface area (Å²) >= 11 is 5.99. The number of carbonyl (C=O) groups excluding carboxylic acids is 1. The van der Waals surface area contributed by atoms with Crippen LogP contribution < -0.4 is 5.32 Å². The number of urea groups is 1. The third-order valence-electron chi connectivity index (χ3n) is 3.68. The molecule has 2 amide bonds. The molecule has 1 aromatic heterocycles. The molecule has 128 valence electrons. The molecule has 0 saturated carbocycles. The molecule has 0 radical (unpaired) electrons. The van der Waals surface area contributed by atoms with Gasteiger partial charge in [-0.15, -0.1) is 0 Å². The van der Waals surface area contributed by atoms with Gasteiger partial charge in [0.2, 0.25) is 0 Å². The summed E-state index contributed by atoms with van der Waals surface area (Å²) in [6.45, 7) is 2.36. The summed E-state index contributed by atoms with van der Waals surface area (Å²) in [5.74, 6) is 0. The fourth-order valence-electron chi connectivity index (χ4n) is 2.54. The molecule has 0 aliphatic carbocycles. The van der Waals surface area contributed by atoms with Gasteiger partial charge in [-0.3, -0.25) is 4.98 Å². The van der Waals surface area contributed by atoms with Crippen LogP contribution in [0.15, 0.2) is 48.8 Å². The Morgan fingerprint density at radius 2 is 2.00 bits per heavy atom. The maximum Gasteiger partial charge on any atom is 0.318 e. The van der Waals surface area contributed by atoms with Crippen molar-refractivity contribution < 1.29 is 9.53 Å². The number of aromatic nitrogens is 1. The number of hydrogen-bond acceptors (Lipinski definition) is 3. The zero-order valence-corrected chi connectivity index (χ0v) is 14.8. The maximum absolute atomic E-state index is 12.6. The van der Waals surface area contributed by atoms with Gasteiger partial charge in [0.1, 0.15) is 0 Å². The number of hydrogen-bond donors (Lipinski definition) is 1. The molecular weight excluding hydrogens is 326 g/mol. The number of nitrogens with zero attached hydrogens (tertiary/aromatic N) is 2. The van der Waals surface area contributed by atoms with Crippen LogP contribution in [0.25, 0.3) is 0 Å². The summed E-state index contributed by atoms with van der Waals surface area (Å²) in [4.78, 5) is 18.4. The minimum absolute atomic E-state index is 0.0790. The molecule has 24 heavy (non-hydrogen) atoms. The summed E-state index contributed by atoms with van der Waals surface area (Å²) in [6, 6.07) is 10.8. The van der Waals surface area contributed by atoms with Gasteiger partial charge in [-0.05, 0) is 36.2 Å². The first-order chi connectivity index (χ1) is 11.5. The molecule has 6 heteroatoms. The molecule has 1 N–H and O–H groups in total. The van der Waals surface area contributed by atoms with Crippen molar-refractivity contribution in [2.45, 2.75) is 19.0 Å². The Labute approximate surface area is 147 Å². The SMILES string of the molecule is COC[C@H](C)NC(=O)N(C)[C@@H](c1ccc(Cl)cc1)c1cccnc1. The largest absolute Gasteiger partial charge is 0.383 e. The summed E-state index contributed by atoms with van der Waals surface area (Å²) in [6.07, 6.45) is 3.48. The summed E-state index contributed by atoms with van der Waals surface area (Å²) in [5, 5.41) is 3.58. The molecule has 2 rings (SSSR count). The lowest BCUT2D eigenvalue weighted by Crippen LogP contribution is -2.45. The highest BCUT2D eigenvalue weighted by Crippen LogP contribution is 2.28. The lowest BCUT2D eigenvalue weighted by molar-refractivity contribution is 0.159. The molecule has 0 saturated heterocycles. The van der Waals surface area contributed by atoms with E-state index in [1.54, 1.807) is 31.5 Å². The first-order valence-corrected chi connectivity index (χ1v) is 8.08. The van der Waals surface area contributed by atoms with E-state index in [0.717, 1.165) is 11.1 Å². The van der Waals surface area contributed by atoms with E-state index in [2.05, 4.69) is 10.3 Å². The van der Waals surface area contributed by atoms with E-state index in [-0.39, 0.29) is 18.1 Å². The topological polar surface area (TPSA) is 54.5 Å². The van der Waals surface area contributed by atoms with Crippen molar-refractivity contribution in [3.8, 4) is 0 Å². The molecule has 0 bridgehead atoms. The number of halogens is 1. The predicted molar refractivity (Wildman–Crippen MR) is 95.2 cm³/mol. The number of methoxy groups -OCH3 is 1. The first kappa shape index (κ1) is 18.2. The van der Waals surface area contributed by atoms with Crippen LogP contribution in [0.4, 0.5) is 4.79 Å². The van der Waals surface area contributed by atoms with Crippen LogP contribution in [-0.2, 0) is 4.74 Å². The minimum atomic E-state index is -0.259. The van der Waals surface area contributed by atoms with Crippen LogP contribution in [0.3, 0.4) is 0 Å². The molecule has 2 aromatic rings. The zero-order valence-electron chi connectivity index (χ0n) is 14.1. The van der Waals surface area contributed by atoms with E-state index in [0.29, 0.717) is 11.6 Å². The van der Waals surface area contributed by atoms with Crippen LogP contribution in [0.2, 0.25) is 5.02 Å². The van der Waals surface area contributed by atoms with Gasteiger partial charge in [-0.25, -0.2) is 4.79 Å². The molecule has 1 aromatic carbocycles. The van der Waals surface area contributed by atoms with Crippen molar-refractivity contribution in [1.82, 2.24) is 15.2 Å². The predicted octanol–water partition coefficient (Wildman–Crippen LogP) is 3.50.